The molecule has 0 radical (unpaired) electrons. The Bertz CT molecular complexity index is 3330. The Kier molecular flexibility index (Phi) is 9.18. The summed E-state index contributed by atoms with van der Waals surface area (Å²) in [6, 6.07) is 39.4. The molecule has 4 atom stereocenters. The standard InChI is InChI=1S/C64H55NO/c1-63(2)56-27-14-13-24-55(56)60-58(63)40-39-54-53-26-16-25-50(61(53)66-62(54)60)44-31-35-48(36-32-44)65(47-33-29-43(30-34-47)42-17-6-3-7-18-42)49-37-38-52-51-23-12-15-28-57(51)64(59(52)41-49,45-19-8-4-9-20-45)46-21-10-5-11-22-46/h3-11,13-17,19-21,24-31,33,35,37-42,46-47H,12,18,22-23,32,34,36H2,1-2H3. The van der Waals surface area contributed by atoms with E-state index in [1.54, 1.807) is 0 Å². The van der Waals surface area contributed by atoms with Crippen molar-refractivity contribution in [2.24, 2.45) is 11.8 Å². The molecule has 0 saturated heterocycles. The van der Waals surface area contributed by atoms with Gasteiger partial charge in [0.25, 0.3) is 0 Å². The second kappa shape index (κ2) is 15.3. The summed E-state index contributed by atoms with van der Waals surface area (Å²) in [6.07, 6.45) is 42.6. The number of furan rings is 1. The van der Waals surface area contributed by atoms with Crippen LogP contribution < -0.4 is 4.90 Å². The lowest BCUT2D eigenvalue weighted by atomic mass is 9.61. The Morgan fingerprint density at radius 1 is 0.606 bits per heavy atom. The van der Waals surface area contributed by atoms with Gasteiger partial charge in [-0.25, -0.2) is 0 Å². The van der Waals surface area contributed by atoms with Gasteiger partial charge in [-0.05, 0) is 125 Å². The van der Waals surface area contributed by atoms with Gasteiger partial charge in [-0.1, -0.05) is 190 Å². The van der Waals surface area contributed by atoms with Gasteiger partial charge >= 0.3 is 0 Å². The van der Waals surface area contributed by atoms with Crippen molar-refractivity contribution in [1.29, 1.82) is 0 Å². The summed E-state index contributed by atoms with van der Waals surface area (Å²) in [5.41, 5.74) is 20.8. The van der Waals surface area contributed by atoms with E-state index in [2.05, 4.69) is 213 Å². The molecule has 13 rings (SSSR count). The lowest BCUT2D eigenvalue weighted by Gasteiger charge is -2.42. The van der Waals surface area contributed by atoms with Crippen molar-refractivity contribution in [2.45, 2.75) is 75.7 Å². The van der Waals surface area contributed by atoms with Crippen LogP contribution in [0.4, 0.5) is 5.69 Å². The van der Waals surface area contributed by atoms with E-state index < -0.39 is 0 Å². The van der Waals surface area contributed by atoms with Gasteiger partial charge in [0.2, 0.25) is 0 Å². The molecule has 0 spiro atoms. The Morgan fingerprint density at radius 2 is 1.44 bits per heavy atom. The molecular formula is C64H55NO. The number of hydrogen-bond donors (Lipinski definition) is 0. The minimum Gasteiger partial charge on any atom is -0.455 e. The third-order valence-corrected chi connectivity index (χ3v) is 16.2. The Labute approximate surface area is 389 Å². The minimum atomic E-state index is -0.278. The van der Waals surface area contributed by atoms with Crippen molar-refractivity contribution in [2.75, 3.05) is 4.90 Å². The number of benzene rings is 5. The van der Waals surface area contributed by atoms with Gasteiger partial charge in [-0.15, -0.1) is 0 Å². The van der Waals surface area contributed by atoms with Gasteiger partial charge in [0.1, 0.15) is 11.2 Å². The number of hydrogen-bond acceptors (Lipinski definition) is 2. The number of allylic oxidation sites excluding steroid dienone is 18. The van der Waals surface area contributed by atoms with Crippen molar-refractivity contribution in [1.82, 2.24) is 0 Å². The fourth-order valence-corrected chi connectivity index (χ4v) is 13.1. The second-order valence-electron chi connectivity index (χ2n) is 20.0. The molecule has 0 amide bonds. The van der Waals surface area contributed by atoms with Gasteiger partial charge < -0.3 is 9.32 Å². The van der Waals surface area contributed by atoms with Crippen LogP contribution >= 0.6 is 0 Å². The Morgan fingerprint density at radius 3 is 2.24 bits per heavy atom. The fraction of sp³-hybridized carbons (Fsp3) is 0.219. The van der Waals surface area contributed by atoms with Crippen LogP contribution in [-0.2, 0) is 10.8 Å². The second-order valence-corrected chi connectivity index (χ2v) is 20.0. The van der Waals surface area contributed by atoms with Crippen LogP contribution in [0.5, 0.6) is 0 Å². The molecule has 0 fully saturated rings. The predicted molar refractivity (Wildman–Crippen MR) is 276 cm³/mol. The SMILES string of the molecule is CC1(C)c2ccccc2-c2c1ccc1c2oc2c(C3=CC=C(N(c4ccc5c(c4)C(c4ccccc4)(C4C=CC=CC4)C4=C5CCC=C4)C4C=CC(C5C=CC=CC5)=CC4)CC3)cccc21. The van der Waals surface area contributed by atoms with Crippen LogP contribution in [0.1, 0.15) is 92.2 Å². The topological polar surface area (TPSA) is 16.4 Å². The molecule has 0 bridgehead atoms. The average molecular weight is 854 g/mol. The van der Waals surface area contributed by atoms with Gasteiger partial charge in [0.15, 0.2) is 0 Å². The van der Waals surface area contributed by atoms with Gasteiger partial charge in [-0.2, -0.15) is 0 Å². The van der Waals surface area contributed by atoms with Crippen molar-refractivity contribution in [3.05, 3.63) is 244 Å². The Hall–Kier alpha value is -6.90. The molecule has 0 N–H and O–H groups in total. The maximum Gasteiger partial charge on any atom is 0.143 e. The maximum atomic E-state index is 7.10. The van der Waals surface area contributed by atoms with Crippen molar-refractivity contribution in [3.8, 4) is 11.1 Å². The summed E-state index contributed by atoms with van der Waals surface area (Å²) >= 11 is 0. The number of fused-ring (bicyclic) bond motifs is 9. The molecule has 5 aromatic carbocycles. The molecule has 322 valence electrons. The number of anilines is 1. The monoisotopic (exact) mass is 853 g/mol. The van der Waals surface area contributed by atoms with E-state index in [1.165, 1.54) is 89.0 Å². The zero-order valence-corrected chi connectivity index (χ0v) is 38.0. The fourth-order valence-electron chi connectivity index (χ4n) is 13.1. The molecule has 7 aliphatic carbocycles. The predicted octanol–water partition coefficient (Wildman–Crippen LogP) is 16.4. The summed E-state index contributed by atoms with van der Waals surface area (Å²) in [7, 11) is 0. The lowest BCUT2D eigenvalue weighted by Crippen LogP contribution is -2.37. The van der Waals surface area contributed by atoms with Crippen LogP contribution in [0.3, 0.4) is 0 Å². The molecule has 66 heavy (non-hydrogen) atoms. The third-order valence-electron chi connectivity index (χ3n) is 16.2. The highest BCUT2D eigenvalue weighted by Gasteiger charge is 2.50. The Balaban J connectivity index is 0.937. The van der Waals surface area contributed by atoms with Crippen LogP contribution in [-0.4, -0.2) is 6.04 Å². The molecule has 2 heteroatoms. The molecule has 4 unspecified atom stereocenters. The van der Waals surface area contributed by atoms with Crippen LogP contribution in [0.15, 0.2) is 216 Å². The van der Waals surface area contributed by atoms with E-state index in [1.807, 2.05) is 0 Å². The summed E-state index contributed by atoms with van der Waals surface area (Å²) < 4.78 is 7.10. The van der Waals surface area contributed by atoms with Crippen molar-refractivity contribution < 1.29 is 4.42 Å². The molecule has 1 heterocycles. The van der Waals surface area contributed by atoms with Crippen molar-refractivity contribution in [3.63, 3.8) is 0 Å². The van der Waals surface area contributed by atoms with E-state index in [0.29, 0.717) is 11.8 Å². The normalized spacial score (nSPS) is 24.3. The average Bonchev–Trinajstić information content (AvgIpc) is 3.99. The maximum absolute atomic E-state index is 7.10. The molecule has 0 saturated carbocycles. The molecular weight excluding hydrogens is 799 g/mol. The summed E-state index contributed by atoms with van der Waals surface area (Å²) in [5.74, 6) is 0.751. The first-order valence-electron chi connectivity index (χ1n) is 24.4. The number of para-hydroxylation sites is 1. The van der Waals surface area contributed by atoms with Gasteiger partial charge in [0.05, 0.1) is 11.5 Å². The molecule has 0 aliphatic heterocycles. The summed E-state index contributed by atoms with van der Waals surface area (Å²) in [5, 5.41) is 2.39. The molecule has 1 aromatic heterocycles. The molecule has 7 aliphatic rings. The zero-order valence-electron chi connectivity index (χ0n) is 38.0. The quantitative estimate of drug-likeness (QED) is 0.159. The van der Waals surface area contributed by atoms with Crippen LogP contribution in [0.2, 0.25) is 0 Å². The van der Waals surface area contributed by atoms with E-state index in [9.17, 15) is 0 Å². The highest BCUT2D eigenvalue weighted by atomic mass is 16.3. The first-order valence-corrected chi connectivity index (χ1v) is 24.4. The van der Waals surface area contributed by atoms with Crippen molar-refractivity contribution >= 4 is 38.8 Å². The first-order chi connectivity index (χ1) is 32.5. The van der Waals surface area contributed by atoms with Crippen LogP contribution in [0.25, 0.3) is 44.2 Å². The summed E-state index contributed by atoms with van der Waals surface area (Å²) in [4.78, 5) is 2.69. The highest BCUT2D eigenvalue weighted by Crippen LogP contribution is 2.60. The largest absolute Gasteiger partial charge is 0.455 e. The highest BCUT2D eigenvalue weighted by molar-refractivity contribution is 6.13. The van der Waals surface area contributed by atoms with E-state index >= 15 is 0 Å². The van der Waals surface area contributed by atoms with E-state index in [-0.39, 0.29) is 16.9 Å². The lowest BCUT2D eigenvalue weighted by molar-refractivity contribution is 0.453. The van der Waals surface area contributed by atoms with E-state index in [4.69, 9.17) is 4.42 Å². The van der Waals surface area contributed by atoms with Gasteiger partial charge in [0, 0.05) is 44.6 Å². The minimum absolute atomic E-state index is 0.0743. The van der Waals surface area contributed by atoms with Crippen LogP contribution in [0, 0.1) is 11.8 Å². The summed E-state index contributed by atoms with van der Waals surface area (Å²) in [6.45, 7) is 4.69. The van der Waals surface area contributed by atoms with Gasteiger partial charge in [-0.3, -0.25) is 0 Å². The molecule has 2 nitrogen and oxygen atoms in total. The first kappa shape index (κ1) is 39.5. The van der Waals surface area contributed by atoms with E-state index in [0.717, 1.165) is 56.1 Å². The number of rotatable bonds is 7. The zero-order chi connectivity index (χ0) is 44.0. The smallest absolute Gasteiger partial charge is 0.143 e. The molecule has 6 aromatic rings. The number of nitrogens with zero attached hydrogens (tertiary/aromatic N) is 1. The third kappa shape index (κ3) is 5.86.